The molecule has 0 amide bonds. The van der Waals surface area contributed by atoms with Crippen molar-refractivity contribution in [3.8, 4) is 5.75 Å². The highest BCUT2D eigenvalue weighted by atomic mass is 32.1. The Morgan fingerprint density at radius 1 is 1.29 bits per heavy atom. The first-order valence-corrected chi connectivity index (χ1v) is 8.21. The molecule has 0 unspecified atom stereocenters. The maximum absolute atomic E-state index is 5.90. The lowest BCUT2D eigenvalue weighted by Crippen LogP contribution is -2.03. The molecule has 2 N–H and O–H groups in total. The molecule has 0 aliphatic rings. The van der Waals surface area contributed by atoms with E-state index in [0.29, 0.717) is 19.1 Å². The van der Waals surface area contributed by atoms with E-state index in [9.17, 15) is 0 Å². The van der Waals surface area contributed by atoms with Crippen LogP contribution in [0.5, 0.6) is 5.75 Å². The number of rotatable bonds is 6. The average molecular weight is 304 g/mol. The summed E-state index contributed by atoms with van der Waals surface area (Å²) >= 11 is 1.71. The van der Waals surface area contributed by atoms with E-state index in [0.717, 1.165) is 22.9 Å². The summed E-state index contributed by atoms with van der Waals surface area (Å²) in [5, 5.41) is 1.12. The first-order chi connectivity index (χ1) is 10.0. The minimum atomic E-state index is 0.425. The first kappa shape index (κ1) is 16.0. The number of aryl methyl sites for hydroxylation is 2. The standard InChI is InChI=1S/C17H24N2OS/c1-11(2)17-15(10-18)21-16(19-17)7-8-20-14-9-12(3)5-6-13(14)4/h5-6,9,11H,7-8,10,18H2,1-4H3. The lowest BCUT2D eigenvalue weighted by Gasteiger charge is -2.09. The highest BCUT2D eigenvalue weighted by Crippen LogP contribution is 2.25. The average Bonchev–Trinajstić information content (AvgIpc) is 2.86. The summed E-state index contributed by atoms with van der Waals surface area (Å²) in [7, 11) is 0. The zero-order chi connectivity index (χ0) is 15.4. The summed E-state index contributed by atoms with van der Waals surface area (Å²) in [5.41, 5.74) is 9.33. The smallest absolute Gasteiger partial charge is 0.122 e. The number of benzene rings is 1. The molecule has 4 heteroatoms. The third-order valence-corrected chi connectivity index (χ3v) is 4.57. The molecule has 0 aliphatic carbocycles. The number of thiazole rings is 1. The fraction of sp³-hybridized carbons (Fsp3) is 0.471. The Balaban J connectivity index is 1.99. The van der Waals surface area contributed by atoms with Crippen molar-refractivity contribution in [1.82, 2.24) is 4.98 Å². The molecule has 0 fully saturated rings. The molecule has 21 heavy (non-hydrogen) atoms. The molecule has 0 radical (unpaired) electrons. The summed E-state index contributed by atoms with van der Waals surface area (Å²) in [6.07, 6.45) is 0.831. The van der Waals surface area contributed by atoms with Gasteiger partial charge < -0.3 is 10.5 Å². The Bertz CT molecular complexity index is 605. The van der Waals surface area contributed by atoms with Crippen LogP contribution in [0.1, 0.15) is 46.5 Å². The van der Waals surface area contributed by atoms with Gasteiger partial charge in [-0.25, -0.2) is 4.98 Å². The molecule has 2 rings (SSSR count). The van der Waals surface area contributed by atoms with Gasteiger partial charge in [0, 0.05) is 17.8 Å². The van der Waals surface area contributed by atoms with E-state index in [-0.39, 0.29) is 0 Å². The van der Waals surface area contributed by atoms with E-state index < -0.39 is 0 Å². The molecular weight excluding hydrogens is 280 g/mol. The van der Waals surface area contributed by atoms with E-state index in [1.165, 1.54) is 16.0 Å². The SMILES string of the molecule is Cc1ccc(C)c(OCCc2nc(C(C)C)c(CN)s2)c1. The maximum Gasteiger partial charge on any atom is 0.122 e. The molecule has 0 aliphatic heterocycles. The van der Waals surface area contributed by atoms with Crippen LogP contribution in [0.3, 0.4) is 0 Å². The van der Waals surface area contributed by atoms with Crippen molar-refractivity contribution >= 4 is 11.3 Å². The zero-order valence-corrected chi connectivity index (χ0v) is 14.1. The van der Waals surface area contributed by atoms with Crippen molar-refractivity contribution in [3.05, 3.63) is 44.9 Å². The second-order valence-corrected chi connectivity index (χ2v) is 6.81. The monoisotopic (exact) mass is 304 g/mol. The Labute approximate surface area is 131 Å². The molecule has 1 aromatic heterocycles. The fourth-order valence-corrected chi connectivity index (χ4v) is 3.31. The van der Waals surface area contributed by atoms with Crippen molar-refractivity contribution in [2.24, 2.45) is 5.73 Å². The van der Waals surface area contributed by atoms with Gasteiger partial charge in [0.1, 0.15) is 5.75 Å². The topological polar surface area (TPSA) is 48.1 Å². The summed E-state index contributed by atoms with van der Waals surface area (Å²) in [5.74, 6) is 1.39. The zero-order valence-electron chi connectivity index (χ0n) is 13.3. The van der Waals surface area contributed by atoms with Crippen LogP contribution in [0.15, 0.2) is 18.2 Å². The molecule has 1 heterocycles. The number of hydrogen-bond acceptors (Lipinski definition) is 4. The van der Waals surface area contributed by atoms with Crippen LogP contribution in [-0.4, -0.2) is 11.6 Å². The van der Waals surface area contributed by atoms with E-state index in [2.05, 4.69) is 45.9 Å². The normalized spacial score (nSPS) is 11.1. The fourth-order valence-electron chi connectivity index (χ4n) is 2.23. The van der Waals surface area contributed by atoms with Crippen LogP contribution in [-0.2, 0) is 13.0 Å². The van der Waals surface area contributed by atoms with Crippen molar-refractivity contribution in [2.75, 3.05) is 6.61 Å². The number of nitrogens with zero attached hydrogens (tertiary/aromatic N) is 1. The second kappa shape index (κ2) is 7.05. The molecule has 0 spiro atoms. The molecule has 114 valence electrons. The van der Waals surface area contributed by atoms with Gasteiger partial charge in [-0.2, -0.15) is 0 Å². The molecule has 0 saturated heterocycles. The molecule has 0 bridgehead atoms. The molecule has 2 aromatic rings. The van der Waals surface area contributed by atoms with Gasteiger partial charge in [-0.1, -0.05) is 26.0 Å². The van der Waals surface area contributed by atoms with Gasteiger partial charge in [0.15, 0.2) is 0 Å². The van der Waals surface area contributed by atoms with E-state index in [1.807, 2.05) is 0 Å². The van der Waals surface area contributed by atoms with E-state index >= 15 is 0 Å². The quantitative estimate of drug-likeness (QED) is 0.878. The van der Waals surface area contributed by atoms with Gasteiger partial charge in [-0.15, -0.1) is 11.3 Å². The lowest BCUT2D eigenvalue weighted by atomic mass is 10.1. The number of nitrogens with two attached hydrogens (primary N) is 1. The predicted molar refractivity (Wildman–Crippen MR) is 89.2 cm³/mol. The third-order valence-electron chi connectivity index (χ3n) is 3.42. The summed E-state index contributed by atoms with van der Waals surface area (Å²) < 4.78 is 5.90. The second-order valence-electron chi connectivity index (χ2n) is 5.64. The molecule has 0 saturated carbocycles. The Hall–Kier alpha value is -1.39. The molecule has 3 nitrogen and oxygen atoms in total. The van der Waals surface area contributed by atoms with Crippen molar-refractivity contribution in [2.45, 2.75) is 46.6 Å². The van der Waals surface area contributed by atoms with Gasteiger partial charge in [-0.3, -0.25) is 0 Å². The van der Waals surface area contributed by atoms with Crippen LogP contribution < -0.4 is 10.5 Å². The minimum absolute atomic E-state index is 0.425. The predicted octanol–water partition coefficient (Wildman–Crippen LogP) is 3.96. The summed E-state index contributed by atoms with van der Waals surface area (Å²) in [6.45, 7) is 9.69. The number of aromatic nitrogens is 1. The van der Waals surface area contributed by atoms with Crippen molar-refractivity contribution in [3.63, 3.8) is 0 Å². The molecular formula is C17H24N2OS. The highest BCUT2D eigenvalue weighted by molar-refractivity contribution is 7.11. The Kier molecular flexibility index (Phi) is 5.37. The van der Waals surface area contributed by atoms with Crippen LogP contribution in [0.25, 0.3) is 0 Å². The van der Waals surface area contributed by atoms with Crippen LogP contribution >= 0.6 is 11.3 Å². The van der Waals surface area contributed by atoms with Crippen molar-refractivity contribution in [1.29, 1.82) is 0 Å². The summed E-state index contributed by atoms with van der Waals surface area (Å²) in [6, 6.07) is 6.28. The number of hydrogen-bond donors (Lipinski definition) is 1. The summed E-state index contributed by atoms with van der Waals surface area (Å²) in [4.78, 5) is 5.91. The Morgan fingerprint density at radius 2 is 2.05 bits per heavy atom. The van der Waals surface area contributed by atoms with Crippen LogP contribution in [0.2, 0.25) is 0 Å². The maximum atomic E-state index is 5.90. The van der Waals surface area contributed by atoms with Crippen molar-refractivity contribution < 1.29 is 4.74 Å². The molecule has 1 aromatic carbocycles. The number of ether oxygens (including phenoxy) is 1. The largest absolute Gasteiger partial charge is 0.493 e. The van der Waals surface area contributed by atoms with Crippen LogP contribution in [0.4, 0.5) is 0 Å². The van der Waals surface area contributed by atoms with Crippen LogP contribution in [0, 0.1) is 13.8 Å². The van der Waals surface area contributed by atoms with Gasteiger partial charge >= 0.3 is 0 Å². The van der Waals surface area contributed by atoms with Gasteiger partial charge in [0.25, 0.3) is 0 Å². The lowest BCUT2D eigenvalue weighted by molar-refractivity contribution is 0.319. The van der Waals surface area contributed by atoms with Gasteiger partial charge in [-0.05, 0) is 37.0 Å². The van der Waals surface area contributed by atoms with E-state index in [1.54, 1.807) is 11.3 Å². The Morgan fingerprint density at radius 3 is 2.67 bits per heavy atom. The minimum Gasteiger partial charge on any atom is -0.493 e. The van der Waals surface area contributed by atoms with E-state index in [4.69, 9.17) is 15.5 Å². The first-order valence-electron chi connectivity index (χ1n) is 7.40. The van der Waals surface area contributed by atoms with Gasteiger partial charge in [0.2, 0.25) is 0 Å². The van der Waals surface area contributed by atoms with Gasteiger partial charge in [0.05, 0.1) is 17.3 Å². The molecule has 0 atom stereocenters. The highest BCUT2D eigenvalue weighted by Gasteiger charge is 2.13. The third kappa shape index (κ3) is 4.05.